The van der Waals surface area contributed by atoms with Gasteiger partial charge in [0.05, 0.1) is 5.71 Å². The first kappa shape index (κ1) is 12.9. The van der Waals surface area contributed by atoms with Crippen molar-refractivity contribution in [1.82, 2.24) is 5.32 Å². The molecule has 0 atom stereocenters. The van der Waals surface area contributed by atoms with Crippen LogP contribution in [0, 0.1) is 0 Å². The van der Waals surface area contributed by atoms with E-state index in [1.165, 1.54) is 0 Å². The lowest BCUT2D eigenvalue weighted by Gasteiger charge is -2.09. The number of hydrogen-bond acceptors (Lipinski definition) is 3. The summed E-state index contributed by atoms with van der Waals surface area (Å²) in [6.45, 7) is 0.990. The van der Waals surface area contributed by atoms with Crippen LogP contribution in [0.15, 0.2) is 53.5 Å². The van der Waals surface area contributed by atoms with Gasteiger partial charge in [0.25, 0.3) is 0 Å². The molecule has 1 aliphatic heterocycles. The molecule has 20 heavy (non-hydrogen) atoms. The number of para-hydroxylation sites is 3. The third kappa shape index (κ3) is 2.58. The molecule has 2 aromatic rings. The summed E-state index contributed by atoms with van der Waals surface area (Å²) < 4.78 is 6.01. The zero-order valence-electron chi connectivity index (χ0n) is 11.6. The molecule has 0 fully saturated rings. The van der Waals surface area contributed by atoms with Crippen LogP contribution in [0.1, 0.15) is 18.4 Å². The molecule has 0 spiro atoms. The fraction of sp³-hybridized carbons (Fsp3) is 0.235. The van der Waals surface area contributed by atoms with Crippen molar-refractivity contribution in [3.8, 4) is 11.5 Å². The minimum Gasteiger partial charge on any atom is -0.454 e. The van der Waals surface area contributed by atoms with Crippen molar-refractivity contribution in [2.75, 3.05) is 13.6 Å². The van der Waals surface area contributed by atoms with Crippen molar-refractivity contribution >= 4 is 11.4 Å². The lowest BCUT2D eigenvalue weighted by Crippen LogP contribution is -2.10. The maximum absolute atomic E-state index is 6.01. The van der Waals surface area contributed by atoms with E-state index in [0.717, 1.165) is 47.8 Å². The van der Waals surface area contributed by atoms with Gasteiger partial charge >= 0.3 is 0 Å². The van der Waals surface area contributed by atoms with Crippen molar-refractivity contribution in [2.45, 2.75) is 12.8 Å². The average molecular weight is 266 g/mol. The molecule has 0 amide bonds. The predicted octanol–water partition coefficient (Wildman–Crippen LogP) is 3.91. The minimum atomic E-state index is 0.823. The topological polar surface area (TPSA) is 33.6 Å². The third-order valence-electron chi connectivity index (χ3n) is 3.38. The summed E-state index contributed by atoms with van der Waals surface area (Å²) in [5.74, 6) is 1.71. The van der Waals surface area contributed by atoms with Crippen LogP contribution < -0.4 is 10.1 Å². The van der Waals surface area contributed by atoms with Crippen LogP contribution in [0.3, 0.4) is 0 Å². The molecule has 0 aliphatic carbocycles. The van der Waals surface area contributed by atoms with Crippen molar-refractivity contribution in [3.05, 3.63) is 54.1 Å². The Morgan fingerprint density at radius 1 is 1.00 bits per heavy atom. The van der Waals surface area contributed by atoms with Crippen LogP contribution in [0.25, 0.3) is 0 Å². The number of benzene rings is 2. The van der Waals surface area contributed by atoms with Gasteiger partial charge in [0.2, 0.25) is 0 Å². The summed E-state index contributed by atoms with van der Waals surface area (Å²) in [5.41, 5.74) is 3.10. The molecule has 0 bridgehead atoms. The Hall–Kier alpha value is -2.13. The highest BCUT2D eigenvalue weighted by atomic mass is 16.5. The molecule has 1 N–H and O–H groups in total. The molecule has 0 radical (unpaired) electrons. The van der Waals surface area contributed by atoms with Crippen LogP contribution >= 0.6 is 0 Å². The van der Waals surface area contributed by atoms with Crippen LogP contribution in [0.2, 0.25) is 0 Å². The Labute approximate surface area is 119 Å². The summed E-state index contributed by atoms with van der Waals surface area (Å²) >= 11 is 0. The second kappa shape index (κ2) is 5.88. The molecule has 102 valence electrons. The van der Waals surface area contributed by atoms with Crippen LogP contribution in [-0.2, 0) is 0 Å². The van der Waals surface area contributed by atoms with Crippen molar-refractivity contribution < 1.29 is 4.74 Å². The SMILES string of the molecule is CNCCCC1=Nc2ccccc2Oc2ccccc21. The van der Waals surface area contributed by atoms with E-state index in [1.54, 1.807) is 0 Å². The molecule has 3 heteroatoms. The molecule has 0 saturated heterocycles. The quantitative estimate of drug-likeness (QED) is 0.851. The van der Waals surface area contributed by atoms with Gasteiger partial charge in [0.1, 0.15) is 11.4 Å². The highest BCUT2D eigenvalue weighted by molar-refractivity contribution is 6.05. The normalized spacial score (nSPS) is 12.8. The highest BCUT2D eigenvalue weighted by Gasteiger charge is 2.16. The van der Waals surface area contributed by atoms with E-state index < -0.39 is 0 Å². The second-order valence-electron chi connectivity index (χ2n) is 4.83. The first-order chi connectivity index (χ1) is 9.88. The van der Waals surface area contributed by atoms with E-state index >= 15 is 0 Å². The summed E-state index contributed by atoms with van der Waals surface area (Å²) in [4.78, 5) is 4.82. The van der Waals surface area contributed by atoms with Crippen molar-refractivity contribution in [3.63, 3.8) is 0 Å². The van der Waals surface area contributed by atoms with Gasteiger partial charge in [-0.3, -0.25) is 0 Å². The summed E-state index contributed by atoms with van der Waals surface area (Å²) in [7, 11) is 1.97. The molecular weight excluding hydrogens is 248 g/mol. The maximum Gasteiger partial charge on any atom is 0.153 e. The number of ether oxygens (including phenoxy) is 1. The van der Waals surface area contributed by atoms with Crippen molar-refractivity contribution in [2.24, 2.45) is 4.99 Å². The first-order valence-corrected chi connectivity index (χ1v) is 6.97. The number of nitrogens with one attached hydrogen (secondary N) is 1. The van der Waals surface area contributed by atoms with E-state index in [0.29, 0.717) is 0 Å². The number of nitrogens with zero attached hydrogens (tertiary/aromatic N) is 1. The lowest BCUT2D eigenvalue weighted by atomic mass is 10.0. The van der Waals surface area contributed by atoms with Gasteiger partial charge in [0, 0.05) is 5.56 Å². The molecule has 0 unspecified atom stereocenters. The Morgan fingerprint density at radius 3 is 2.60 bits per heavy atom. The maximum atomic E-state index is 6.01. The van der Waals surface area contributed by atoms with Gasteiger partial charge in [-0.25, -0.2) is 4.99 Å². The lowest BCUT2D eigenvalue weighted by molar-refractivity contribution is 0.484. The number of rotatable bonds is 4. The molecule has 3 nitrogen and oxygen atoms in total. The molecule has 2 aromatic carbocycles. The highest BCUT2D eigenvalue weighted by Crippen LogP contribution is 2.37. The second-order valence-corrected chi connectivity index (χ2v) is 4.83. The smallest absolute Gasteiger partial charge is 0.153 e. The van der Waals surface area contributed by atoms with E-state index in [2.05, 4.69) is 11.4 Å². The standard InChI is InChI=1S/C17H18N2O/c1-18-12-6-9-14-13-7-2-4-10-16(13)20-17-11-5-3-8-15(17)19-14/h2-5,7-8,10-11,18H,6,9,12H2,1H3. The van der Waals surface area contributed by atoms with E-state index in [9.17, 15) is 0 Å². The van der Waals surface area contributed by atoms with Gasteiger partial charge in [-0.15, -0.1) is 0 Å². The number of hydrogen-bond donors (Lipinski definition) is 1. The molecule has 0 saturated carbocycles. The average Bonchev–Trinajstić information content (AvgIpc) is 2.64. The van der Waals surface area contributed by atoms with Crippen LogP contribution in [0.5, 0.6) is 11.5 Å². The van der Waals surface area contributed by atoms with Crippen molar-refractivity contribution in [1.29, 1.82) is 0 Å². The zero-order valence-corrected chi connectivity index (χ0v) is 11.6. The monoisotopic (exact) mass is 266 g/mol. The van der Waals surface area contributed by atoms with Gasteiger partial charge in [0.15, 0.2) is 5.75 Å². The van der Waals surface area contributed by atoms with E-state index in [1.807, 2.05) is 49.5 Å². The fourth-order valence-electron chi connectivity index (χ4n) is 2.38. The Bertz CT molecular complexity index is 634. The van der Waals surface area contributed by atoms with E-state index in [4.69, 9.17) is 9.73 Å². The zero-order chi connectivity index (χ0) is 13.8. The minimum absolute atomic E-state index is 0.823. The molecular formula is C17H18N2O. The molecule has 0 aromatic heterocycles. The number of fused-ring (bicyclic) bond motifs is 2. The largest absolute Gasteiger partial charge is 0.454 e. The fourth-order valence-corrected chi connectivity index (χ4v) is 2.38. The number of aliphatic imine (C=N–C) groups is 1. The molecule has 1 aliphatic rings. The summed E-state index contributed by atoms with van der Waals surface area (Å²) in [5, 5.41) is 3.18. The van der Waals surface area contributed by atoms with E-state index in [-0.39, 0.29) is 0 Å². The van der Waals surface area contributed by atoms with Crippen LogP contribution in [-0.4, -0.2) is 19.3 Å². The molecule has 3 rings (SSSR count). The van der Waals surface area contributed by atoms with Gasteiger partial charge in [-0.05, 0) is 50.7 Å². The van der Waals surface area contributed by atoms with Gasteiger partial charge in [-0.1, -0.05) is 24.3 Å². The van der Waals surface area contributed by atoms with Crippen LogP contribution in [0.4, 0.5) is 5.69 Å². The Kier molecular flexibility index (Phi) is 3.79. The summed E-state index contributed by atoms with van der Waals surface area (Å²) in [6.07, 6.45) is 2.00. The first-order valence-electron chi connectivity index (χ1n) is 6.97. The van der Waals surface area contributed by atoms with Gasteiger partial charge < -0.3 is 10.1 Å². The summed E-state index contributed by atoms with van der Waals surface area (Å²) in [6, 6.07) is 16.1. The Balaban J connectivity index is 2.02. The Morgan fingerprint density at radius 2 is 1.75 bits per heavy atom. The third-order valence-corrected chi connectivity index (χ3v) is 3.38. The molecule has 1 heterocycles. The predicted molar refractivity (Wildman–Crippen MR) is 82.3 cm³/mol. The van der Waals surface area contributed by atoms with Gasteiger partial charge in [-0.2, -0.15) is 0 Å².